The van der Waals surface area contributed by atoms with Crippen molar-refractivity contribution in [3.8, 4) is 0 Å². The minimum atomic E-state index is -0.842. The molecule has 3 aromatic rings. The number of carboxylic acid groups (broad SMARTS) is 1. The van der Waals surface area contributed by atoms with Crippen molar-refractivity contribution in [2.75, 3.05) is 0 Å². The molecule has 0 unspecified atom stereocenters. The molecule has 6 heteroatoms. The minimum Gasteiger partial charge on any atom is -0.480 e. The first kappa shape index (κ1) is 13.8. The summed E-state index contributed by atoms with van der Waals surface area (Å²) in [5, 5.41) is 11.0. The normalized spacial score (nSPS) is 11.1. The second kappa shape index (κ2) is 5.29. The van der Waals surface area contributed by atoms with Gasteiger partial charge in [-0.15, -0.1) is 0 Å². The number of carbonyl (C=O) groups is 1. The number of imidazole rings is 1. The summed E-state index contributed by atoms with van der Waals surface area (Å²) in [5.74, 6) is -0.842. The van der Waals surface area contributed by atoms with Crippen molar-refractivity contribution in [3.05, 3.63) is 41.9 Å². The Kier molecular flexibility index (Phi) is 3.47. The third kappa shape index (κ3) is 2.54. The van der Waals surface area contributed by atoms with Gasteiger partial charge in [0.05, 0.1) is 0 Å². The summed E-state index contributed by atoms with van der Waals surface area (Å²) in [4.78, 5) is 19.5. The van der Waals surface area contributed by atoms with Crippen LogP contribution in [0.5, 0.6) is 0 Å². The molecule has 21 heavy (non-hydrogen) atoms. The van der Waals surface area contributed by atoms with Crippen molar-refractivity contribution in [2.45, 2.75) is 30.4 Å². The van der Waals surface area contributed by atoms with Crippen molar-refractivity contribution in [1.82, 2.24) is 14.5 Å². The summed E-state index contributed by atoms with van der Waals surface area (Å²) in [6, 6.07) is 6.07. The second-order valence-electron chi connectivity index (χ2n) is 4.91. The highest BCUT2D eigenvalue weighted by Crippen LogP contribution is 2.37. The number of nitrogens with zero attached hydrogens (tertiary/aromatic N) is 2. The number of H-pyrrole nitrogens is 1. The lowest BCUT2D eigenvalue weighted by Crippen LogP contribution is -2.09. The number of hydrogen-bond donors (Lipinski definition) is 2. The summed E-state index contributed by atoms with van der Waals surface area (Å²) in [5.41, 5.74) is 3.03. The fourth-order valence-corrected chi connectivity index (χ4v) is 3.40. The Hall–Kier alpha value is -2.21. The number of aromatic amines is 1. The number of rotatable bonds is 4. The molecule has 0 fully saturated rings. The van der Waals surface area contributed by atoms with Crippen LogP contribution in [0, 0.1) is 13.8 Å². The lowest BCUT2D eigenvalue weighted by molar-refractivity contribution is -0.137. The Bertz CT molecular complexity index is 806. The van der Waals surface area contributed by atoms with Crippen LogP contribution in [-0.4, -0.2) is 25.6 Å². The summed E-state index contributed by atoms with van der Waals surface area (Å²) in [6.45, 7) is 3.94. The van der Waals surface area contributed by atoms with Gasteiger partial charge in [0.25, 0.3) is 0 Å². The first-order valence-electron chi connectivity index (χ1n) is 6.54. The summed E-state index contributed by atoms with van der Waals surface area (Å²) < 4.78 is 1.84. The first-order valence-corrected chi connectivity index (χ1v) is 7.36. The van der Waals surface area contributed by atoms with Gasteiger partial charge in [-0.3, -0.25) is 4.79 Å². The van der Waals surface area contributed by atoms with Crippen LogP contribution in [0.3, 0.4) is 0 Å². The van der Waals surface area contributed by atoms with E-state index in [0.29, 0.717) is 0 Å². The molecule has 0 spiro atoms. The Morgan fingerprint density at radius 2 is 2.24 bits per heavy atom. The Balaban J connectivity index is 2.19. The van der Waals surface area contributed by atoms with Crippen LogP contribution < -0.4 is 0 Å². The zero-order valence-electron chi connectivity index (χ0n) is 11.8. The maximum absolute atomic E-state index is 11.1. The fourth-order valence-electron chi connectivity index (χ4n) is 2.44. The molecular weight excluding hydrogens is 286 g/mol. The van der Waals surface area contributed by atoms with Crippen LogP contribution in [0.2, 0.25) is 0 Å². The van der Waals surface area contributed by atoms with Gasteiger partial charge in [-0.2, -0.15) is 0 Å². The molecular formula is C15H15N3O2S. The molecule has 0 saturated heterocycles. The molecule has 2 heterocycles. The zero-order valence-corrected chi connectivity index (χ0v) is 12.6. The van der Waals surface area contributed by atoms with Crippen molar-refractivity contribution in [3.63, 3.8) is 0 Å². The van der Waals surface area contributed by atoms with Crippen LogP contribution in [0.15, 0.2) is 40.6 Å². The van der Waals surface area contributed by atoms with Crippen LogP contribution in [0.1, 0.15) is 11.3 Å². The first-order chi connectivity index (χ1) is 10.1. The van der Waals surface area contributed by atoms with Gasteiger partial charge in [0.2, 0.25) is 0 Å². The SMILES string of the molecule is Cc1ccc2c(c1)c(Sc1ncc[nH]1)c(C)n2CC(=O)O. The third-order valence-electron chi connectivity index (χ3n) is 3.39. The van der Waals surface area contributed by atoms with Crippen LogP contribution >= 0.6 is 11.8 Å². The van der Waals surface area contributed by atoms with Gasteiger partial charge >= 0.3 is 5.97 Å². The molecule has 3 rings (SSSR count). The summed E-state index contributed by atoms with van der Waals surface area (Å²) in [7, 11) is 0. The molecule has 0 aliphatic rings. The van der Waals surface area contributed by atoms with Gasteiger partial charge in [-0.1, -0.05) is 11.6 Å². The standard InChI is InChI=1S/C15H15N3O2S/c1-9-3-4-12-11(7-9)14(21-15-16-5-6-17-15)10(2)18(12)8-13(19)20/h3-7H,8H2,1-2H3,(H,16,17)(H,19,20). The number of aryl methyl sites for hydroxylation is 1. The second-order valence-corrected chi connectivity index (χ2v) is 5.91. The highest BCUT2D eigenvalue weighted by atomic mass is 32.2. The highest BCUT2D eigenvalue weighted by molar-refractivity contribution is 7.99. The quantitative estimate of drug-likeness (QED) is 0.776. The van der Waals surface area contributed by atoms with E-state index in [1.54, 1.807) is 12.4 Å². The number of aliphatic carboxylic acids is 1. The summed E-state index contributed by atoms with van der Waals surface area (Å²) in [6.07, 6.45) is 3.48. The van der Waals surface area contributed by atoms with E-state index in [0.717, 1.165) is 32.2 Å². The van der Waals surface area contributed by atoms with Crippen LogP contribution in [0.4, 0.5) is 0 Å². The van der Waals surface area contributed by atoms with E-state index in [1.165, 1.54) is 11.8 Å². The van der Waals surface area contributed by atoms with Crippen LogP contribution in [-0.2, 0) is 11.3 Å². The van der Waals surface area contributed by atoms with Crippen molar-refractivity contribution >= 4 is 28.6 Å². The van der Waals surface area contributed by atoms with E-state index < -0.39 is 5.97 Å². The number of nitrogens with one attached hydrogen (secondary N) is 1. The van der Waals surface area contributed by atoms with Crippen molar-refractivity contribution in [1.29, 1.82) is 0 Å². The Morgan fingerprint density at radius 3 is 2.90 bits per heavy atom. The average Bonchev–Trinajstić information content (AvgIpc) is 3.01. The molecule has 2 N–H and O–H groups in total. The molecule has 0 radical (unpaired) electrons. The van der Waals surface area contributed by atoms with Crippen LogP contribution in [0.25, 0.3) is 10.9 Å². The van der Waals surface area contributed by atoms with E-state index in [4.69, 9.17) is 5.11 Å². The molecule has 2 aromatic heterocycles. The topological polar surface area (TPSA) is 70.9 Å². The number of fused-ring (bicyclic) bond motifs is 1. The van der Waals surface area contributed by atoms with E-state index in [2.05, 4.69) is 16.0 Å². The largest absolute Gasteiger partial charge is 0.480 e. The van der Waals surface area contributed by atoms with Gasteiger partial charge in [0, 0.05) is 33.9 Å². The van der Waals surface area contributed by atoms with Gasteiger partial charge < -0.3 is 14.7 Å². The smallest absolute Gasteiger partial charge is 0.323 e. The number of carboxylic acids is 1. The summed E-state index contributed by atoms with van der Waals surface area (Å²) >= 11 is 1.53. The lowest BCUT2D eigenvalue weighted by Gasteiger charge is -2.04. The molecule has 0 aliphatic heterocycles. The lowest BCUT2D eigenvalue weighted by atomic mass is 10.2. The average molecular weight is 301 g/mol. The van der Waals surface area contributed by atoms with Gasteiger partial charge in [0.15, 0.2) is 5.16 Å². The molecule has 0 amide bonds. The minimum absolute atomic E-state index is 0.0376. The third-order valence-corrected chi connectivity index (χ3v) is 4.52. The Morgan fingerprint density at radius 1 is 1.43 bits per heavy atom. The van der Waals surface area contributed by atoms with E-state index >= 15 is 0 Å². The zero-order chi connectivity index (χ0) is 15.0. The molecule has 0 bridgehead atoms. The molecule has 0 aliphatic carbocycles. The highest BCUT2D eigenvalue weighted by Gasteiger charge is 2.17. The molecule has 0 saturated carbocycles. The maximum atomic E-state index is 11.1. The fraction of sp³-hybridized carbons (Fsp3) is 0.200. The molecule has 108 valence electrons. The van der Waals surface area contributed by atoms with E-state index in [9.17, 15) is 4.79 Å². The van der Waals surface area contributed by atoms with Gasteiger partial charge in [0.1, 0.15) is 6.54 Å². The van der Waals surface area contributed by atoms with Crippen molar-refractivity contribution in [2.24, 2.45) is 0 Å². The number of aromatic nitrogens is 3. The number of hydrogen-bond acceptors (Lipinski definition) is 3. The molecule has 1 aromatic carbocycles. The monoisotopic (exact) mass is 301 g/mol. The molecule has 0 atom stereocenters. The molecule has 5 nitrogen and oxygen atoms in total. The number of benzene rings is 1. The predicted octanol–water partition coefficient (Wildman–Crippen LogP) is 3.22. The van der Waals surface area contributed by atoms with E-state index in [-0.39, 0.29) is 6.54 Å². The van der Waals surface area contributed by atoms with Gasteiger partial charge in [-0.05, 0) is 37.7 Å². The van der Waals surface area contributed by atoms with E-state index in [1.807, 2.05) is 30.5 Å². The van der Waals surface area contributed by atoms with Crippen molar-refractivity contribution < 1.29 is 9.90 Å². The predicted molar refractivity (Wildman–Crippen MR) is 81.8 cm³/mol. The Labute approximate surface area is 126 Å². The van der Waals surface area contributed by atoms with Gasteiger partial charge in [-0.25, -0.2) is 4.98 Å². The maximum Gasteiger partial charge on any atom is 0.323 e.